The molecule has 4 aliphatic carbocycles. The van der Waals surface area contributed by atoms with Crippen molar-refractivity contribution in [2.75, 3.05) is 26.2 Å². The summed E-state index contributed by atoms with van der Waals surface area (Å²) < 4.78 is 0. The molecule has 6 fully saturated rings. The van der Waals surface area contributed by atoms with E-state index in [1.54, 1.807) is 0 Å². The van der Waals surface area contributed by atoms with E-state index >= 15 is 0 Å². The molecule has 2 heterocycles. The van der Waals surface area contributed by atoms with E-state index < -0.39 is 0 Å². The van der Waals surface area contributed by atoms with Gasteiger partial charge in [0, 0.05) is 32.1 Å². The minimum absolute atomic E-state index is 0.124. The maximum absolute atomic E-state index is 14.1. The lowest BCUT2D eigenvalue weighted by Gasteiger charge is -2.62. The summed E-state index contributed by atoms with van der Waals surface area (Å²) in [5, 5.41) is 0. The number of hydrogen-bond donors (Lipinski definition) is 0. The number of amides is 2. The van der Waals surface area contributed by atoms with Gasteiger partial charge in [0.05, 0.1) is 5.41 Å². The fourth-order valence-electron chi connectivity index (χ4n) is 8.86. The van der Waals surface area contributed by atoms with Crippen LogP contribution in [-0.4, -0.2) is 47.8 Å². The molecule has 2 amide bonds. The fourth-order valence-corrected chi connectivity index (χ4v) is 8.86. The average molecular weight is 449 g/mol. The topological polar surface area (TPSA) is 40.6 Å². The fraction of sp³-hybridized carbons (Fsp3) is 0.724. The van der Waals surface area contributed by atoms with Gasteiger partial charge in [-0.2, -0.15) is 0 Å². The van der Waals surface area contributed by atoms with Crippen molar-refractivity contribution in [1.29, 1.82) is 0 Å². The highest BCUT2D eigenvalue weighted by Gasteiger charge is 2.61. The first kappa shape index (κ1) is 21.7. The van der Waals surface area contributed by atoms with Gasteiger partial charge in [0.2, 0.25) is 11.8 Å². The third-order valence-corrected chi connectivity index (χ3v) is 9.95. The zero-order valence-electron chi connectivity index (χ0n) is 20.1. The number of hydrogen-bond acceptors (Lipinski definition) is 2. The van der Waals surface area contributed by atoms with Gasteiger partial charge in [0.15, 0.2) is 0 Å². The molecule has 0 spiro atoms. The van der Waals surface area contributed by atoms with Crippen molar-refractivity contribution in [1.82, 2.24) is 9.80 Å². The second-order valence-electron chi connectivity index (χ2n) is 12.2. The van der Waals surface area contributed by atoms with Crippen LogP contribution in [0.3, 0.4) is 0 Å². The summed E-state index contributed by atoms with van der Waals surface area (Å²) in [6.45, 7) is 3.42. The van der Waals surface area contributed by atoms with E-state index in [0.29, 0.717) is 23.7 Å². The first-order chi connectivity index (χ1) is 16.1. The molecule has 33 heavy (non-hydrogen) atoms. The lowest BCUT2D eigenvalue weighted by atomic mass is 9.42. The predicted octanol–water partition coefficient (Wildman–Crippen LogP) is 5.17. The molecule has 0 unspecified atom stereocenters. The highest BCUT2D eigenvalue weighted by Crippen LogP contribution is 2.66. The normalized spacial score (nSPS) is 36.6. The van der Waals surface area contributed by atoms with Crippen LogP contribution in [0.4, 0.5) is 0 Å². The van der Waals surface area contributed by atoms with Gasteiger partial charge in [0.1, 0.15) is 0 Å². The molecule has 1 aromatic rings. The van der Waals surface area contributed by atoms with Crippen LogP contribution >= 0.6 is 0 Å². The summed E-state index contributed by atoms with van der Waals surface area (Å²) in [6.07, 6.45) is 13.6. The molecule has 178 valence electrons. The lowest BCUT2D eigenvalue weighted by Crippen LogP contribution is -2.60. The van der Waals surface area contributed by atoms with Crippen molar-refractivity contribution in [2.45, 2.75) is 82.5 Å². The minimum atomic E-state index is -0.151. The molecule has 4 bridgehead atoms. The van der Waals surface area contributed by atoms with Crippen LogP contribution in [0, 0.1) is 23.2 Å². The summed E-state index contributed by atoms with van der Waals surface area (Å²) in [5.74, 6) is 2.33. The van der Waals surface area contributed by atoms with E-state index in [9.17, 15) is 9.59 Å². The van der Waals surface area contributed by atoms with Gasteiger partial charge in [-0.15, -0.1) is 0 Å². The van der Waals surface area contributed by atoms with E-state index in [2.05, 4.69) is 40.1 Å². The highest BCUT2D eigenvalue weighted by molar-refractivity contribution is 5.84. The molecular formula is C29H40N2O2. The van der Waals surface area contributed by atoms with Gasteiger partial charge in [0.25, 0.3) is 0 Å². The first-order valence-corrected chi connectivity index (χ1v) is 13.7. The molecule has 2 saturated heterocycles. The molecule has 4 saturated carbocycles. The molecule has 0 N–H and O–H groups in total. The van der Waals surface area contributed by atoms with Crippen LogP contribution in [0.2, 0.25) is 0 Å². The summed E-state index contributed by atoms with van der Waals surface area (Å²) in [4.78, 5) is 31.5. The van der Waals surface area contributed by atoms with E-state index in [4.69, 9.17) is 0 Å². The summed E-state index contributed by atoms with van der Waals surface area (Å²) >= 11 is 0. The highest BCUT2D eigenvalue weighted by atomic mass is 16.2. The number of rotatable bonds is 3. The van der Waals surface area contributed by atoms with E-state index in [0.717, 1.165) is 71.1 Å². The van der Waals surface area contributed by atoms with E-state index in [1.165, 1.54) is 37.7 Å². The van der Waals surface area contributed by atoms with Crippen molar-refractivity contribution in [3.8, 4) is 0 Å². The molecule has 4 nitrogen and oxygen atoms in total. The molecule has 7 rings (SSSR count). The van der Waals surface area contributed by atoms with Crippen LogP contribution in [0.1, 0.15) is 82.6 Å². The maximum atomic E-state index is 14.1. The van der Waals surface area contributed by atoms with Crippen LogP contribution in [0.25, 0.3) is 0 Å². The Hall–Kier alpha value is -1.84. The predicted molar refractivity (Wildman–Crippen MR) is 130 cm³/mol. The SMILES string of the molecule is O=C(C1CCN(C(=O)C23C[C@@H]4C[C@@H](C2)CC(c2ccccc2)(C4)C3)CC1)N1CCCCCC1. The number of nitrogens with zero attached hydrogens (tertiary/aromatic N) is 2. The Morgan fingerprint density at radius 1 is 0.758 bits per heavy atom. The van der Waals surface area contributed by atoms with Gasteiger partial charge in [-0.1, -0.05) is 43.2 Å². The van der Waals surface area contributed by atoms with Crippen molar-refractivity contribution in [2.24, 2.45) is 23.2 Å². The Morgan fingerprint density at radius 3 is 2.03 bits per heavy atom. The number of piperidine rings is 1. The lowest BCUT2D eigenvalue weighted by molar-refractivity contribution is -0.162. The molecule has 6 aliphatic rings. The largest absolute Gasteiger partial charge is 0.342 e. The monoisotopic (exact) mass is 448 g/mol. The van der Waals surface area contributed by atoms with Crippen molar-refractivity contribution < 1.29 is 9.59 Å². The van der Waals surface area contributed by atoms with Crippen molar-refractivity contribution in [3.05, 3.63) is 35.9 Å². The van der Waals surface area contributed by atoms with Crippen LogP contribution in [0.5, 0.6) is 0 Å². The maximum Gasteiger partial charge on any atom is 0.228 e. The summed E-state index contributed by atoms with van der Waals surface area (Å²) in [5.41, 5.74) is 1.53. The van der Waals surface area contributed by atoms with Gasteiger partial charge < -0.3 is 9.80 Å². The Balaban J connectivity index is 1.15. The van der Waals surface area contributed by atoms with E-state index in [1.807, 2.05) is 0 Å². The number of carbonyl (C=O) groups excluding carboxylic acids is 2. The Bertz CT molecular complexity index is 866. The van der Waals surface area contributed by atoms with Crippen LogP contribution in [0.15, 0.2) is 30.3 Å². The molecular weight excluding hydrogens is 408 g/mol. The number of benzene rings is 1. The molecule has 0 radical (unpaired) electrons. The smallest absolute Gasteiger partial charge is 0.228 e. The molecule has 4 heteroatoms. The van der Waals surface area contributed by atoms with Gasteiger partial charge >= 0.3 is 0 Å². The zero-order valence-corrected chi connectivity index (χ0v) is 20.1. The third-order valence-electron chi connectivity index (χ3n) is 9.95. The minimum Gasteiger partial charge on any atom is -0.342 e. The van der Waals surface area contributed by atoms with E-state index in [-0.39, 0.29) is 16.7 Å². The second-order valence-corrected chi connectivity index (χ2v) is 12.2. The quantitative estimate of drug-likeness (QED) is 0.640. The number of likely N-dealkylation sites (tertiary alicyclic amines) is 2. The van der Waals surface area contributed by atoms with Crippen molar-refractivity contribution >= 4 is 11.8 Å². The standard InChI is InChI=1S/C29H40N2O2/c32-26(30-12-6-1-2-7-13-30)24-10-14-31(15-11-24)27(33)29-19-22-16-23(20-29)18-28(17-22,21-29)25-8-4-3-5-9-25/h3-5,8-9,22-24H,1-2,6-7,10-21H2/t22-,23-,28?,29?/m1/s1. The molecule has 1 aromatic carbocycles. The third kappa shape index (κ3) is 3.82. The number of carbonyl (C=O) groups is 2. The van der Waals surface area contributed by atoms with Gasteiger partial charge in [-0.25, -0.2) is 0 Å². The van der Waals surface area contributed by atoms with Crippen LogP contribution in [-0.2, 0) is 15.0 Å². The molecule has 0 aromatic heterocycles. The first-order valence-electron chi connectivity index (χ1n) is 13.7. The Kier molecular flexibility index (Phi) is 5.54. The summed E-state index contributed by atoms with van der Waals surface area (Å²) in [7, 11) is 0. The zero-order chi connectivity index (χ0) is 22.5. The summed E-state index contributed by atoms with van der Waals surface area (Å²) in [6, 6.07) is 11.1. The van der Waals surface area contributed by atoms with Crippen molar-refractivity contribution in [3.63, 3.8) is 0 Å². The Morgan fingerprint density at radius 2 is 1.39 bits per heavy atom. The molecule has 2 aliphatic heterocycles. The van der Waals surface area contributed by atoms with Gasteiger partial charge in [-0.05, 0) is 87.0 Å². The average Bonchev–Trinajstić information content (AvgIpc) is 3.13. The molecule has 2 atom stereocenters. The Labute approximate surface area is 199 Å². The van der Waals surface area contributed by atoms with Crippen LogP contribution < -0.4 is 0 Å². The van der Waals surface area contributed by atoms with Gasteiger partial charge in [-0.3, -0.25) is 9.59 Å². The second kappa shape index (κ2) is 8.43.